The lowest BCUT2D eigenvalue weighted by atomic mass is 10.1. The standard InChI is InChI=1S/C24H27ClF2N4O5S/c1-2-30(15-4-5-15)17(12-28-23(34)19-7-8-20(25)37-19)22(33)29-14-3-6-16(18(11-14)36-24(26)27)31-9-10-35-13-21(31)32/h3,6-8,11,15,17,24H,2,4-5,9-10,12-13H2,1H3,(H,28,34)(H,29,33)/t17-/m0/s1. The highest BCUT2D eigenvalue weighted by molar-refractivity contribution is 7.18. The topological polar surface area (TPSA) is 100 Å². The first-order valence-electron chi connectivity index (χ1n) is 11.8. The van der Waals surface area contributed by atoms with E-state index in [1.54, 1.807) is 12.1 Å². The molecule has 2 aliphatic rings. The zero-order valence-electron chi connectivity index (χ0n) is 20.0. The summed E-state index contributed by atoms with van der Waals surface area (Å²) in [6.45, 7) is -0.272. The van der Waals surface area contributed by atoms with Crippen LogP contribution in [0.4, 0.5) is 20.2 Å². The van der Waals surface area contributed by atoms with Gasteiger partial charge < -0.3 is 25.0 Å². The molecule has 9 nitrogen and oxygen atoms in total. The molecule has 1 saturated carbocycles. The summed E-state index contributed by atoms with van der Waals surface area (Å²) in [5.41, 5.74) is 0.386. The van der Waals surface area contributed by atoms with Crippen molar-refractivity contribution < 1.29 is 32.6 Å². The van der Waals surface area contributed by atoms with Crippen LogP contribution in [0.2, 0.25) is 4.34 Å². The average Bonchev–Trinajstić information content (AvgIpc) is 3.60. The maximum Gasteiger partial charge on any atom is 0.387 e. The van der Waals surface area contributed by atoms with Gasteiger partial charge in [-0.3, -0.25) is 19.3 Å². The van der Waals surface area contributed by atoms with Crippen LogP contribution in [0.15, 0.2) is 30.3 Å². The Morgan fingerprint density at radius 3 is 2.70 bits per heavy atom. The van der Waals surface area contributed by atoms with Crippen LogP contribution in [-0.2, 0) is 14.3 Å². The molecule has 2 aromatic rings. The molecule has 2 heterocycles. The van der Waals surface area contributed by atoms with Crippen molar-refractivity contribution in [1.29, 1.82) is 0 Å². The fraction of sp³-hybridized carbons (Fsp3) is 0.458. The first kappa shape index (κ1) is 27.2. The summed E-state index contributed by atoms with van der Waals surface area (Å²) in [7, 11) is 0. The Balaban J connectivity index is 1.52. The summed E-state index contributed by atoms with van der Waals surface area (Å²) in [6.07, 6.45) is 1.89. The molecule has 0 bridgehead atoms. The number of halogens is 3. The van der Waals surface area contributed by atoms with E-state index in [0.717, 1.165) is 24.2 Å². The van der Waals surface area contributed by atoms with Crippen molar-refractivity contribution in [2.24, 2.45) is 0 Å². The number of nitrogens with zero attached hydrogens (tertiary/aromatic N) is 2. The van der Waals surface area contributed by atoms with Gasteiger partial charge >= 0.3 is 6.61 Å². The van der Waals surface area contributed by atoms with Crippen molar-refractivity contribution in [3.05, 3.63) is 39.5 Å². The number of hydrogen-bond donors (Lipinski definition) is 2. The van der Waals surface area contributed by atoms with Crippen LogP contribution in [0, 0.1) is 0 Å². The van der Waals surface area contributed by atoms with Crippen molar-refractivity contribution in [2.45, 2.75) is 38.5 Å². The van der Waals surface area contributed by atoms with E-state index < -0.39 is 18.6 Å². The van der Waals surface area contributed by atoms with Crippen LogP contribution < -0.4 is 20.3 Å². The summed E-state index contributed by atoms with van der Waals surface area (Å²) in [4.78, 5) is 41.9. The SMILES string of the molecule is CCN(C1CC1)[C@@H](CNC(=O)c1ccc(Cl)s1)C(=O)Nc1ccc(N2CCOCC2=O)c(OC(F)F)c1. The van der Waals surface area contributed by atoms with Gasteiger partial charge in [-0.25, -0.2) is 0 Å². The molecule has 1 aromatic heterocycles. The number of benzene rings is 1. The summed E-state index contributed by atoms with van der Waals surface area (Å²) in [5, 5.41) is 5.56. The van der Waals surface area contributed by atoms with E-state index in [9.17, 15) is 23.2 Å². The fourth-order valence-electron chi connectivity index (χ4n) is 4.22. The minimum Gasteiger partial charge on any atom is -0.433 e. The monoisotopic (exact) mass is 556 g/mol. The Morgan fingerprint density at radius 2 is 2.08 bits per heavy atom. The van der Waals surface area contributed by atoms with Crippen LogP contribution in [0.1, 0.15) is 29.4 Å². The highest BCUT2D eigenvalue weighted by Gasteiger charge is 2.37. The van der Waals surface area contributed by atoms with E-state index in [1.807, 2.05) is 11.8 Å². The lowest BCUT2D eigenvalue weighted by Gasteiger charge is -2.30. The molecular weight excluding hydrogens is 530 g/mol. The van der Waals surface area contributed by atoms with Gasteiger partial charge in [0, 0.05) is 30.9 Å². The number of hydrogen-bond acceptors (Lipinski definition) is 7. The first-order chi connectivity index (χ1) is 17.8. The molecule has 1 aliphatic heterocycles. The molecule has 0 spiro atoms. The molecule has 1 aromatic carbocycles. The van der Waals surface area contributed by atoms with Crippen LogP contribution in [-0.4, -0.2) is 74.2 Å². The molecule has 13 heteroatoms. The van der Waals surface area contributed by atoms with Gasteiger partial charge in [-0.2, -0.15) is 8.78 Å². The summed E-state index contributed by atoms with van der Waals surface area (Å²) in [5.74, 6) is -1.37. The van der Waals surface area contributed by atoms with E-state index in [1.165, 1.54) is 23.1 Å². The Labute approximate surface area is 221 Å². The lowest BCUT2D eigenvalue weighted by molar-refractivity contribution is -0.126. The van der Waals surface area contributed by atoms with E-state index in [2.05, 4.69) is 15.4 Å². The van der Waals surface area contributed by atoms with E-state index in [-0.39, 0.29) is 61.3 Å². The van der Waals surface area contributed by atoms with Crippen molar-refractivity contribution in [1.82, 2.24) is 10.2 Å². The number of morpholine rings is 1. The third-order valence-corrected chi connectivity index (χ3v) is 7.29. The van der Waals surface area contributed by atoms with Gasteiger partial charge in [0.25, 0.3) is 11.8 Å². The normalized spacial score (nSPS) is 16.7. The molecular formula is C24H27ClF2N4O5S. The quantitative estimate of drug-likeness (QED) is 0.439. The number of carbonyl (C=O) groups excluding carboxylic acids is 3. The Bertz CT molecular complexity index is 1150. The largest absolute Gasteiger partial charge is 0.433 e. The lowest BCUT2D eigenvalue weighted by Crippen LogP contribution is -2.51. The first-order valence-corrected chi connectivity index (χ1v) is 13.0. The Hall–Kier alpha value is -2.80. The van der Waals surface area contributed by atoms with Crippen LogP contribution in [0.3, 0.4) is 0 Å². The molecule has 1 aliphatic carbocycles. The highest BCUT2D eigenvalue weighted by atomic mass is 35.5. The maximum absolute atomic E-state index is 13.4. The molecule has 2 N–H and O–H groups in total. The summed E-state index contributed by atoms with van der Waals surface area (Å²) >= 11 is 7.06. The number of rotatable bonds is 11. The number of carbonyl (C=O) groups is 3. The Morgan fingerprint density at radius 1 is 1.30 bits per heavy atom. The van der Waals surface area contributed by atoms with Crippen molar-refractivity contribution in [3.63, 3.8) is 0 Å². The molecule has 0 unspecified atom stereocenters. The second-order valence-electron chi connectivity index (χ2n) is 8.54. The number of ether oxygens (including phenoxy) is 2. The number of likely N-dealkylation sites (N-methyl/N-ethyl adjacent to an activating group) is 1. The molecule has 1 atom stereocenters. The molecule has 37 heavy (non-hydrogen) atoms. The highest BCUT2D eigenvalue weighted by Crippen LogP contribution is 2.34. The molecule has 1 saturated heterocycles. The minimum absolute atomic E-state index is 0.0469. The van der Waals surface area contributed by atoms with Crippen LogP contribution in [0.5, 0.6) is 5.75 Å². The van der Waals surface area contributed by atoms with Gasteiger partial charge in [0.2, 0.25) is 5.91 Å². The van der Waals surface area contributed by atoms with Gasteiger partial charge in [-0.1, -0.05) is 18.5 Å². The molecule has 2 fully saturated rings. The van der Waals surface area contributed by atoms with Crippen molar-refractivity contribution in [2.75, 3.05) is 43.1 Å². The van der Waals surface area contributed by atoms with Gasteiger partial charge in [0.05, 0.1) is 21.5 Å². The second-order valence-corrected chi connectivity index (χ2v) is 10.3. The number of amides is 3. The van der Waals surface area contributed by atoms with E-state index in [4.69, 9.17) is 16.3 Å². The van der Waals surface area contributed by atoms with Gasteiger partial charge in [-0.15, -0.1) is 11.3 Å². The zero-order chi connectivity index (χ0) is 26.5. The minimum atomic E-state index is -3.12. The third-order valence-electron chi connectivity index (χ3n) is 6.06. The van der Waals surface area contributed by atoms with Crippen LogP contribution >= 0.6 is 22.9 Å². The Kier molecular flexibility index (Phi) is 8.95. The molecule has 0 radical (unpaired) electrons. The number of nitrogens with one attached hydrogen (secondary N) is 2. The van der Waals surface area contributed by atoms with Crippen LogP contribution in [0.25, 0.3) is 0 Å². The number of thiophene rings is 1. The third kappa shape index (κ3) is 6.95. The second kappa shape index (κ2) is 12.2. The molecule has 3 amide bonds. The maximum atomic E-state index is 13.4. The predicted octanol–water partition coefficient (Wildman–Crippen LogP) is 3.59. The average molecular weight is 557 g/mol. The molecule has 4 rings (SSSR count). The zero-order valence-corrected chi connectivity index (χ0v) is 21.6. The number of alkyl halides is 2. The fourth-order valence-corrected chi connectivity index (χ4v) is 5.18. The van der Waals surface area contributed by atoms with Gasteiger partial charge in [0.15, 0.2) is 5.75 Å². The summed E-state index contributed by atoms with van der Waals surface area (Å²) < 4.78 is 36.6. The molecule has 200 valence electrons. The number of anilines is 2. The van der Waals surface area contributed by atoms with Crippen molar-refractivity contribution in [3.8, 4) is 5.75 Å². The predicted molar refractivity (Wildman–Crippen MR) is 136 cm³/mol. The van der Waals surface area contributed by atoms with E-state index in [0.29, 0.717) is 15.8 Å². The van der Waals surface area contributed by atoms with Crippen molar-refractivity contribution >= 4 is 52.0 Å². The van der Waals surface area contributed by atoms with E-state index >= 15 is 0 Å². The smallest absolute Gasteiger partial charge is 0.387 e. The van der Waals surface area contributed by atoms with Gasteiger partial charge in [0.1, 0.15) is 12.6 Å². The summed E-state index contributed by atoms with van der Waals surface area (Å²) in [6, 6.07) is 7.00. The van der Waals surface area contributed by atoms with Gasteiger partial charge in [-0.05, 0) is 43.7 Å².